The van der Waals surface area contributed by atoms with Crippen LogP contribution in [0.15, 0.2) is 65.3 Å². The van der Waals surface area contributed by atoms with Gasteiger partial charge in [-0.2, -0.15) is 0 Å². The molecule has 0 heterocycles. The molecule has 0 amide bonds. The highest BCUT2D eigenvalue weighted by Gasteiger charge is 2.26. The summed E-state index contributed by atoms with van der Waals surface area (Å²) in [4.78, 5) is 0. The molecule has 1 heteroatoms. The maximum Gasteiger partial charge on any atom is 0.0713 e. The van der Waals surface area contributed by atoms with Gasteiger partial charge in [-0.25, -0.2) is 0 Å². The van der Waals surface area contributed by atoms with Crippen molar-refractivity contribution < 1.29 is 4.74 Å². The van der Waals surface area contributed by atoms with E-state index < -0.39 is 0 Å². The molecule has 2 rings (SSSR count). The second-order valence-corrected chi connectivity index (χ2v) is 7.71. The zero-order valence-corrected chi connectivity index (χ0v) is 16.4. The van der Waals surface area contributed by atoms with Crippen molar-refractivity contribution in [3.63, 3.8) is 0 Å². The van der Waals surface area contributed by atoms with E-state index in [0.717, 1.165) is 0 Å². The van der Waals surface area contributed by atoms with E-state index in [2.05, 4.69) is 82.3 Å². The van der Waals surface area contributed by atoms with Crippen LogP contribution in [0.4, 0.5) is 0 Å². The summed E-state index contributed by atoms with van der Waals surface area (Å²) >= 11 is 0. The summed E-state index contributed by atoms with van der Waals surface area (Å²) in [6.45, 7) is 9.84. The van der Waals surface area contributed by atoms with Crippen molar-refractivity contribution >= 4 is 6.08 Å². The van der Waals surface area contributed by atoms with Crippen molar-refractivity contribution in [1.82, 2.24) is 0 Å². The van der Waals surface area contributed by atoms with Crippen LogP contribution in [0.3, 0.4) is 0 Å². The Hall–Kier alpha value is -1.86. The van der Waals surface area contributed by atoms with E-state index in [1.165, 1.54) is 41.5 Å². The smallest absolute Gasteiger partial charge is 0.0713 e. The van der Waals surface area contributed by atoms with Gasteiger partial charge in [0, 0.05) is 7.11 Å². The molecule has 0 radical (unpaired) electrons. The van der Waals surface area contributed by atoms with Gasteiger partial charge in [0.25, 0.3) is 0 Å². The average molecular weight is 337 g/mol. The molecular weight excluding hydrogens is 304 g/mol. The molecule has 134 valence electrons. The number of hydrogen-bond donors (Lipinski definition) is 0. The van der Waals surface area contributed by atoms with Gasteiger partial charge in [-0.05, 0) is 55.2 Å². The summed E-state index contributed by atoms with van der Waals surface area (Å²) in [6.07, 6.45) is 14.9. The quantitative estimate of drug-likeness (QED) is 0.515. The molecule has 25 heavy (non-hydrogen) atoms. The normalized spacial score (nSPS) is 18.5. The van der Waals surface area contributed by atoms with Crippen LogP contribution in [-0.4, -0.2) is 7.11 Å². The van der Waals surface area contributed by atoms with Crippen LogP contribution in [0.5, 0.6) is 0 Å². The first kappa shape index (κ1) is 19.5. The zero-order valence-electron chi connectivity index (χ0n) is 16.4. The first-order valence-corrected chi connectivity index (χ1v) is 9.23. The highest BCUT2D eigenvalue weighted by molar-refractivity contribution is 5.52. The highest BCUT2D eigenvalue weighted by atomic mass is 16.5. The summed E-state index contributed by atoms with van der Waals surface area (Å²) in [6, 6.07) is 8.48. The minimum absolute atomic E-state index is 0.304. The van der Waals surface area contributed by atoms with Crippen LogP contribution < -0.4 is 0 Å². The summed E-state index contributed by atoms with van der Waals surface area (Å²) in [5.74, 6) is 0. The first-order chi connectivity index (χ1) is 11.9. The molecule has 0 aromatic heterocycles. The Morgan fingerprint density at radius 1 is 1.16 bits per heavy atom. The van der Waals surface area contributed by atoms with Gasteiger partial charge < -0.3 is 4.74 Å². The Morgan fingerprint density at radius 3 is 2.52 bits per heavy atom. The number of ether oxygens (including phenoxy) is 1. The molecule has 0 aliphatic heterocycles. The molecule has 0 unspecified atom stereocenters. The molecule has 1 nitrogen and oxygen atoms in total. The van der Waals surface area contributed by atoms with Gasteiger partial charge in [0.1, 0.15) is 0 Å². The second-order valence-electron chi connectivity index (χ2n) is 7.71. The third-order valence-corrected chi connectivity index (χ3v) is 4.99. The van der Waals surface area contributed by atoms with E-state index in [-0.39, 0.29) is 0 Å². The number of rotatable bonds is 6. The highest BCUT2D eigenvalue weighted by Crippen LogP contribution is 2.40. The van der Waals surface area contributed by atoms with E-state index in [1.54, 1.807) is 12.7 Å². The fourth-order valence-electron chi connectivity index (χ4n) is 3.48. The zero-order chi connectivity index (χ0) is 18.3. The van der Waals surface area contributed by atoms with E-state index >= 15 is 0 Å². The third-order valence-electron chi connectivity index (χ3n) is 4.99. The Kier molecular flexibility index (Phi) is 7.01. The Bertz CT molecular complexity index is 681. The van der Waals surface area contributed by atoms with E-state index in [9.17, 15) is 0 Å². The summed E-state index contributed by atoms with van der Waals surface area (Å²) in [5, 5.41) is 0. The lowest BCUT2D eigenvalue weighted by atomic mass is 9.72. The predicted molar refractivity (Wildman–Crippen MR) is 109 cm³/mol. The molecule has 1 aliphatic rings. The van der Waals surface area contributed by atoms with Gasteiger partial charge in [-0.15, -0.1) is 0 Å². The standard InChI is InChI=1S/C24H32O/c1-19(11-16-23-20(2)9-7-17-24(23,3)4)8-6-10-21-12-14-22(15-13-21)18-25-5/h6,8,10-16H,7,9,17-18H2,1-5H3. The van der Waals surface area contributed by atoms with Crippen molar-refractivity contribution in [1.29, 1.82) is 0 Å². The van der Waals surface area contributed by atoms with E-state index in [4.69, 9.17) is 4.74 Å². The van der Waals surface area contributed by atoms with Crippen LogP contribution in [0.1, 0.15) is 58.1 Å². The third kappa shape index (κ3) is 5.86. The lowest BCUT2D eigenvalue weighted by Gasteiger charge is -2.32. The van der Waals surface area contributed by atoms with Crippen molar-refractivity contribution in [3.05, 3.63) is 76.4 Å². The number of methoxy groups -OCH3 is 1. The van der Waals surface area contributed by atoms with E-state index in [1.807, 2.05) is 0 Å². The summed E-state index contributed by atoms with van der Waals surface area (Å²) in [7, 11) is 1.72. The van der Waals surface area contributed by atoms with Gasteiger partial charge >= 0.3 is 0 Å². The lowest BCUT2D eigenvalue weighted by Crippen LogP contribution is -2.19. The molecule has 0 saturated carbocycles. The van der Waals surface area contributed by atoms with Crippen LogP contribution in [0.25, 0.3) is 6.08 Å². The molecule has 0 N–H and O–H groups in total. The summed E-state index contributed by atoms with van der Waals surface area (Å²) in [5.41, 5.74) is 7.05. The van der Waals surface area contributed by atoms with Crippen LogP contribution in [0, 0.1) is 5.41 Å². The monoisotopic (exact) mass is 336 g/mol. The SMILES string of the molecule is COCc1ccc(C=CC=C(C)C=CC2=C(C)CCCC2(C)C)cc1. The maximum atomic E-state index is 5.14. The average Bonchev–Trinajstić information content (AvgIpc) is 2.56. The molecular formula is C24H32O. The van der Waals surface area contributed by atoms with Crippen molar-refractivity contribution in [2.45, 2.75) is 53.6 Å². The first-order valence-electron chi connectivity index (χ1n) is 9.23. The van der Waals surface area contributed by atoms with Crippen molar-refractivity contribution in [2.24, 2.45) is 5.41 Å². The van der Waals surface area contributed by atoms with Crippen LogP contribution in [-0.2, 0) is 11.3 Å². The number of allylic oxidation sites excluding steroid dienone is 7. The minimum Gasteiger partial charge on any atom is -0.380 e. The van der Waals surface area contributed by atoms with E-state index in [0.29, 0.717) is 12.0 Å². The molecule has 0 spiro atoms. The van der Waals surface area contributed by atoms with Crippen molar-refractivity contribution in [3.8, 4) is 0 Å². The summed E-state index contributed by atoms with van der Waals surface area (Å²) < 4.78 is 5.14. The van der Waals surface area contributed by atoms with Gasteiger partial charge in [-0.1, -0.05) is 79.6 Å². The molecule has 1 aromatic rings. The Labute approximate surface area is 153 Å². The fraction of sp³-hybridized carbons (Fsp3) is 0.417. The second kappa shape index (κ2) is 9.01. The molecule has 0 saturated heterocycles. The Balaban J connectivity index is 2.01. The molecule has 0 bridgehead atoms. The molecule has 1 aliphatic carbocycles. The van der Waals surface area contributed by atoms with Gasteiger partial charge in [0.2, 0.25) is 0 Å². The molecule has 0 fully saturated rings. The largest absolute Gasteiger partial charge is 0.380 e. The fourth-order valence-corrected chi connectivity index (χ4v) is 3.48. The van der Waals surface area contributed by atoms with Crippen molar-refractivity contribution in [2.75, 3.05) is 7.11 Å². The molecule has 1 aromatic carbocycles. The lowest BCUT2D eigenvalue weighted by molar-refractivity contribution is 0.185. The molecule has 0 atom stereocenters. The van der Waals surface area contributed by atoms with Gasteiger partial charge in [0.15, 0.2) is 0 Å². The minimum atomic E-state index is 0.304. The van der Waals surface area contributed by atoms with Crippen LogP contribution in [0.2, 0.25) is 0 Å². The van der Waals surface area contributed by atoms with Gasteiger partial charge in [-0.3, -0.25) is 0 Å². The number of hydrogen-bond acceptors (Lipinski definition) is 1. The van der Waals surface area contributed by atoms with Gasteiger partial charge in [0.05, 0.1) is 6.61 Å². The maximum absolute atomic E-state index is 5.14. The Morgan fingerprint density at radius 2 is 1.88 bits per heavy atom. The number of benzene rings is 1. The predicted octanol–water partition coefficient (Wildman–Crippen LogP) is 6.88. The van der Waals surface area contributed by atoms with Crippen LogP contribution >= 0.6 is 0 Å². The topological polar surface area (TPSA) is 9.23 Å².